The van der Waals surface area contributed by atoms with Crippen molar-refractivity contribution in [1.82, 2.24) is 24.1 Å². The van der Waals surface area contributed by atoms with Crippen LogP contribution in [0.25, 0.3) is 71.7 Å². The monoisotopic (exact) mass is 525 g/mol. The topological polar surface area (TPSA) is 40.6 Å². The Hall–Kier alpha value is -5.68. The molecule has 3 heterocycles. The molecule has 9 rings (SSSR count). The van der Waals surface area contributed by atoms with Gasteiger partial charge in [0.1, 0.15) is 11.0 Å². The van der Waals surface area contributed by atoms with Gasteiger partial charge in [-0.25, -0.2) is 0 Å². The molecule has 9 aromatic rings. The first kappa shape index (κ1) is 22.2. The van der Waals surface area contributed by atoms with Crippen LogP contribution in [0.2, 0.25) is 0 Å². The zero-order valence-corrected chi connectivity index (χ0v) is 22.0. The Labute approximate surface area is 235 Å². The maximum Gasteiger partial charge on any atom is 0.115 e. The third-order valence-electron chi connectivity index (χ3n) is 8.09. The fraction of sp³-hybridized carbons (Fsp3) is 0. The lowest BCUT2D eigenvalue weighted by atomic mass is 10.1. The number of aromatic nitrogens is 5. The summed E-state index contributed by atoms with van der Waals surface area (Å²) in [5.41, 5.74) is 9.60. The van der Waals surface area contributed by atoms with Gasteiger partial charge in [0.15, 0.2) is 0 Å². The molecule has 0 fully saturated rings. The van der Waals surface area contributed by atoms with Crippen LogP contribution in [0, 0.1) is 0 Å². The molecule has 5 nitrogen and oxygen atoms in total. The van der Waals surface area contributed by atoms with Crippen molar-refractivity contribution < 1.29 is 0 Å². The minimum absolute atomic E-state index is 0.858. The molecule has 0 atom stereocenters. The second kappa shape index (κ2) is 8.41. The number of nitrogens with zero attached hydrogens (tertiary/aromatic N) is 5. The Bertz CT molecular complexity index is 2410. The van der Waals surface area contributed by atoms with Gasteiger partial charge in [0, 0.05) is 32.9 Å². The largest absolute Gasteiger partial charge is 0.309 e. The van der Waals surface area contributed by atoms with Gasteiger partial charge < -0.3 is 9.13 Å². The van der Waals surface area contributed by atoms with E-state index in [2.05, 4.69) is 118 Å². The van der Waals surface area contributed by atoms with Gasteiger partial charge in [-0.3, -0.25) is 0 Å². The second-order valence-corrected chi connectivity index (χ2v) is 10.4. The summed E-state index contributed by atoms with van der Waals surface area (Å²) >= 11 is 0. The van der Waals surface area contributed by atoms with Gasteiger partial charge in [0.2, 0.25) is 0 Å². The van der Waals surface area contributed by atoms with Gasteiger partial charge in [0.25, 0.3) is 0 Å². The smallest absolute Gasteiger partial charge is 0.115 e. The number of hydrogen-bond donors (Lipinski definition) is 0. The Morgan fingerprint density at radius 1 is 0.341 bits per heavy atom. The van der Waals surface area contributed by atoms with E-state index in [4.69, 9.17) is 10.2 Å². The normalized spacial score (nSPS) is 11.9. The molecular formula is C36H23N5. The van der Waals surface area contributed by atoms with E-state index < -0.39 is 0 Å². The van der Waals surface area contributed by atoms with E-state index >= 15 is 0 Å². The van der Waals surface area contributed by atoms with Crippen molar-refractivity contribution in [1.29, 1.82) is 0 Å². The maximum atomic E-state index is 4.83. The standard InChI is InChI=1S/C36H23N5/c1-3-11-24(12-4-1)39-33-17-9-7-15-27(33)29-22-30-28-16-8-10-18-34(28)40(36(30)23-35(29)39)26-19-20-31-32(21-26)38-41(37-31)25-13-5-2-6-14-25/h1-23H. The van der Waals surface area contributed by atoms with E-state index in [9.17, 15) is 0 Å². The molecule has 0 saturated heterocycles. The SMILES string of the molecule is c1ccc(-n2nc3ccc(-n4c5ccccc5c5cc6c7ccccc7n(-c7ccccc7)c6cc54)cc3n2)cc1. The van der Waals surface area contributed by atoms with Crippen molar-refractivity contribution in [3.05, 3.63) is 140 Å². The predicted octanol–water partition coefficient (Wildman–Crippen LogP) is 8.61. The van der Waals surface area contributed by atoms with Crippen LogP contribution < -0.4 is 0 Å². The van der Waals surface area contributed by atoms with Crippen molar-refractivity contribution in [2.45, 2.75) is 0 Å². The molecule has 0 amide bonds. The first-order valence-electron chi connectivity index (χ1n) is 13.8. The summed E-state index contributed by atoms with van der Waals surface area (Å²) in [4.78, 5) is 1.71. The molecule has 0 unspecified atom stereocenters. The lowest BCUT2D eigenvalue weighted by Crippen LogP contribution is -1.97. The first-order valence-corrected chi connectivity index (χ1v) is 13.8. The van der Waals surface area contributed by atoms with Crippen molar-refractivity contribution in [2.75, 3.05) is 0 Å². The number of rotatable bonds is 3. The van der Waals surface area contributed by atoms with Gasteiger partial charge in [-0.15, -0.1) is 10.2 Å². The molecule has 0 aliphatic carbocycles. The van der Waals surface area contributed by atoms with Crippen molar-refractivity contribution in [3.8, 4) is 17.1 Å². The first-order chi connectivity index (χ1) is 20.3. The molecule has 0 radical (unpaired) electrons. The van der Waals surface area contributed by atoms with Gasteiger partial charge in [-0.2, -0.15) is 4.80 Å². The fourth-order valence-corrected chi connectivity index (χ4v) is 6.28. The van der Waals surface area contributed by atoms with Crippen LogP contribution in [0.4, 0.5) is 0 Å². The molecule has 0 spiro atoms. The highest BCUT2D eigenvalue weighted by atomic mass is 15.5. The summed E-state index contributed by atoms with van der Waals surface area (Å²) in [6, 6.07) is 49.1. The maximum absolute atomic E-state index is 4.83. The highest BCUT2D eigenvalue weighted by Crippen LogP contribution is 2.39. The average molecular weight is 526 g/mol. The zero-order chi connectivity index (χ0) is 26.9. The highest BCUT2D eigenvalue weighted by Gasteiger charge is 2.18. The molecule has 192 valence electrons. The molecule has 3 aromatic heterocycles. The van der Waals surface area contributed by atoms with E-state index in [0.29, 0.717) is 0 Å². The minimum atomic E-state index is 0.858. The third-order valence-corrected chi connectivity index (χ3v) is 8.09. The van der Waals surface area contributed by atoms with Crippen LogP contribution in [0.5, 0.6) is 0 Å². The quantitative estimate of drug-likeness (QED) is 0.232. The van der Waals surface area contributed by atoms with Crippen LogP contribution in [-0.2, 0) is 0 Å². The Balaban J connectivity index is 1.36. The van der Waals surface area contributed by atoms with Crippen LogP contribution in [-0.4, -0.2) is 24.1 Å². The van der Waals surface area contributed by atoms with E-state index in [0.717, 1.165) is 33.6 Å². The number of para-hydroxylation sites is 4. The van der Waals surface area contributed by atoms with E-state index in [1.54, 1.807) is 4.80 Å². The molecule has 6 aromatic carbocycles. The van der Waals surface area contributed by atoms with E-state index in [1.165, 1.54) is 38.1 Å². The van der Waals surface area contributed by atoms with Crippen LogP contribution in [0.3, 0.4) is 0 Å². The molecule has 0 aliphatic heterocycles. The second-order valence-electron chi connectivity index (χ2n) is 10.4. The van der Waals surface area contributed by atoms with Gasteiger partial charge in [-0.05, 0) is 66.7 Å². The molecule has 0 N–H and O–H groups in total. The molecule has 0 saturated carbocycles. The number of fused-ring (bicyclic) bond motifs is 7. The number of hydrogen-bond acceptors (Lipinski definition) is 2. The summed E-state index contributed by atoms with van der Waals surface area (Å²) in [7, 11) is 0. The van der Waals surface area contributed by atoms with Gasteiger partial charge >= 0.3 is 0 Å². The average Bonchev–Trinajstić information content (AvgIpc) is 3.70. The van der Waals surface area contributed by atoms with Crippen LogP contribution >= 0.6 is 0 Å². The number of benzene rings is 6. The molecule has 0 bridgehead atoms. The lowest BCUT2D eigenvalue weighted by Gasteiger charge is -2.10. The van der Waals surface area contributed by atoms with Gasteiger partial charge in [0.05, 0.1) is 27.8 Å². The molecule has 5 heteroatoms. The predicted molar refractivity (Wildman–Crippen MR) is 168 cm³/mol. The lowest BCUT2D eigenvalue weighted by molar-refractivity contribution is 0.766. The zero-order valence-electron chi connectivity index (χ0n) is 22.0. The summed E-state index contributed by atoms with van der Waals surface area (Å²) in [5, 5.41) is 14.5. The van der Waals surface area contributed by atoms with Crippen molar-refractivity contribution in [3.63, 3.8) is 0 Å². The molecule has 41 heavy (non-hydrogen) atoms. The molecular weight excluding hydrogens is 502 g/mol. The van der Waals surface area contributed by atoms with Crippen molar-refractivity contribution >= 4 is 54.6 Å². The Morgan fingerprint density at radius 2 is 0.878 bits per heavy atom. The Kier molecular flexibility index (Phi) is 4.55. The molecule has 0 aliphatic rings. The van der Waals surface area contributed by atoms with E-state index in [-0.39, 0.29) is 0 Å². The van der Waals surface area contributed by atoms with Crippen LogP contribution in [0.15, 0.2) is 140 Å². The van der Waals surface area contributed by atoms with Crippen LogP contribution in [0.1, 0.15) is 0 Å². The summed E-state index contributed by atoms with van der Waals surface area (Å²) in [6.07, 6.45) is 0. The Morgan fingerprint density at radius 3 is 1.54 bits per heavy atom. The summed E-state index contributed by atoms with van der Waals surface area (Å²) in [5.74, 6) is 0. The minimum Gasteiger partial charge on any atom is -0.309 e. The van der Waals surface area contributed by atoms with Gasteiger partial charge in [-0.1, -0.05) is 72.8 Å². The summed E-state index contributed by atoms with van der Waals surface area (Å²) in [6.45, 7) is 0. The van der Waals surface area contributed by atoms with Crippen molar-refractivity contribution in [2.24, 2.45) is 0 Å². The highest BCUT2D eigenvalue weighted by molar-refractivity contribution is 6.19. The van der Waals surface area contributed by atoms with E-state index in [1.807, 2.05) is 30.3 Å². The third kappa shape index (κ3) is 3.23. The fourth-order valence-electron chi connectivity index (χ4n) is 6.28. The summed E-state index contributed by atoms with van der Waals surface area (Å²) < 4.78 is 4.73.